The summed E-state index contributed by atoms with van der Waals surface area (Å²) in [5, 5.41) is 3.36. The van der Waals surface area contributed by atoms with Crippen LogP contribution >= 0.6 is 0 Å². The third-order valence-corrected chi connectivity index (χ3v) is 4.10. The highest BCUT2D eigenvalue weighted by Gasteiger charge is 2.26. The van der Waals surface area contributed by atoms with E-state index in [0.29, 0.717) is 24.5 Å². The van der Waals surface area contributed by atoms with Crippen molar-refractivity contribution in [1.29, 1.82) is 0 Å². The summed E-state index contributed by atoms with van der Waals surface area (Å²) >= 11 is 0. The Hall–Kier alpha value is -0.610. The highest BCUT2D eigenvalue weighted by molar-refractivity contribution is 5.78. The van der Waals surface area contributed by atoms with E-state index in [4.69, 9.17) is 0 Å². The first-order valence-corrected chi connectivity index (χ1v) is 6.92. The van der Waals surface area contributed by atoms with Gasteiger partial charge >= 0.3 is 0 Å². The van der Waals surface area contributed by atoms with Crippen molar-refractivity contribution < 1.29 is 4.79 Å². The maximum atomic E-state index is 12.3. The predicted molar refractivity (Wildman–Crippen MR) is 68.9 cm³/mol. The number of carbonyl (C=O) groups excluding carboxylic acids is 1. The van der Waals surface area contributed by atoms with Crippen molar-refractivity contribution in [2.45, 2.75) is 45.2 Å². The zero-order chi connectivity index (χ0) is 12.3. The van der Waals surface area contributed by atoms with Crippen LogP contribution in [0.5, 0.6) is 0 Å². The van der Waals surface area contributed by atoms with E-state index in [1.807, 2.05) is 0 Å². The van der Waals surface area contributed by atoms with Crippen molar-refractivity contribution in [2.24, 2.45) is 0 Å². The summed E-state index contributed by atoms with van der Waals surface area (Å²) in [5.74, 6) is 0.325. The molecule has 2 saturated heterocycles. The summed E-state index contributed by atoms with van der Waals surface area (Å²) < 4.78 is 0. The Bertz CT molecular complexity index is 269. The molecule has 17 heavy (non-hydrogen) atoms. The molecular weight excluding hydrogens is 214 g/mol. The summed E-state index contributed by atoms with van der Waals surface area (Å²) in [4.78, 5) is 16.7. The van der Waals surface area contributed by atoms with Gasteiger partial charge in [0.15, 0.2) is 0 Å². The summed E-state index contributed by atoms with van der Waals surface area (Å²) in [7, 11) is 0. The number of rotatable bonds is 2. The second-order valence-electron chi connectivity index (χ2n) is 5.46. The molecule has 0 aromatic carbocycles. The molecule has 0 saturated carbocycles. The fraction of sp³-hybridized carbons (Fsp3) is 0.923. The topological polar surface area (TPSA) is 35.6 Å². The van der Waals surface area contributed by atoms with Gasteiger partial charge in [0.2, 0.25) is 5.91 Å². The van der Waals surface area contributed by atoms with Crippen molar-refractivity contribution in [1.82, 2.24) is 15.1 Å². The molecule has 2 heterocycles. The predicted octanol–water partition coefficient (Wildman–Crippen LogP) is 0.681. The second kappa shape index (κ2) is 5.83. The van der Waals surface area contributed by atoms with E-state index < -0.39 is 0 Å². The minimum atomic E-state index is 0.325. The summed E-state index contributed by atoms with van der Waals surface area (Å²) in [6.07, 6.45) is 3.62. The summed E-state index contributed by atoms with van der Waals surface area (Å²) in [5.41, 5.74) is 0. The van der Waals surface area contributed by atoms with Crippen LogP contribution in [0.15, 0.2) is 0 Å². The highest BCUT2D eigenvalue weighted by Crippen LogP contribution is 2.17. The Morgan fingerprint density at radius 1 is 1.24 bits per heavy atom. The van der Waals surface area contributed by atoms with Crippen molar-refractivity contribution in [3.05, 3.63) is 0 Å². The van der Waals surface area contributed by atoms with E-state index in [9.17, 15) is 4.79 Å². The number of nitrogens with zero attached hydrogens (tertiary/aromatic N) is 2. The van der Waals surface area contributed by atoms with E-state index in [2.05, 4.69) is 29.0 Å². The number of piperazine rings is 1. The third kappa shape index (κ3) is 3.19. The zero-order valence-corrected chi connectivity index (χ0v) is 11.1. The molecule has 0 radical (unpaired) electrons. The van der Waals surface area contributed by atoms with Gasteiger partial charge in [-0.05, 0) is 33.1 Å². The Kier molecular flexibility index (Phi) is 4.40. The second-order valence-corrected chi connectivity index (χ2v) is 5.46. The lowest BCUT2D eigenvalue weighted by Gasteiger charge is -2.38. The molecule has 2 aliphatic heterocycles. The van der Waals surface area contributed by atoms with Crippen molar-refractivity contribution in [3.8, 4) is 0 Å². The maximum Gasteiger partial charge on any atom is 0.236 e. The molecule has 98 valence electrons. The van der Waals surface area contributed by atoms with Crippen LogP contribution < -0.4 is 5.32 Å². The number of likely N-dealkylation sites (tertiary alicyclic amines) is 1. The first kappa shape index (κ1) is 12.8. The number of piperidine rings is 1. The van der Waals surface area contributed by atoms with Gasteiger partial charge in [0.1, 0.15) is 0 Å². The van der Waals surface area contributed by atoms with E-state index in [1.54, 1.807) is 0 Å². The van der Waals surface area contributed by atoms with Crippen molar-refractivity contribution in [2.75, 3.05) is 32.7 Å². The highest BCUT2D eigenvalue weighted by atomic mass is 16.2. The van der Waals surface area contributed by atoms with Crippen LogP contribution in [-0.4, -0.2) is 60.5 Å². The summed E-state index contributed by atoms with van der Waals surface area (Å²) in [6.45, 7) is 8.94. The SMILES string of the molecule is CC1CCCCN1C(=O)CN1CCNC[C@H]1C. The number of nitrogens with one attached hydrogen (secondary N) is 1. The smallest absolute Gasteiger partial charge is 0.236 e. The first-order valence-electron chi connectivity index (χ1n) is 6.92. The lowest BCUT2D eigenvalue weighted by Crippen LogP contribution is -2.54. The molecule has 1 unspecified atom stereocenters. The molecule has 2 fully saturated rings. The van der Waals surface area contributed by atoms with Crippen LogP contribution in [0.3, 0.4) is 0 Å². The molecule has 2 aliphatic rings. The minimum Gasteiger partial charge on any atom is -0.339 e. The quantitative estimate of drug-likeness (QED) is 0.770. The minimum absolute atomic E-state index is 0.325. The summed E-state index contributed by atoms with van der Waals surface area (Å²) in [6, 6.07) is 0.919. The zero-order valence-electron chi connectivity index (χ0n) is 11.1. The number of hydrogen-bond donors (Lipinski definition) is 1. The van der Waals surface area contributed by atoms with Crippen molar-refractivity contribution in [3.63, 3.8) is 0 Å². The lowest BCUT2D eigenvalue weighted by atomic mass is 10.0. The number of amides is 1. The maximum absolute atomic E-state index is 12.3. The molecule has 1 amide bonds. The molecule has 1 N–H and O–H groups in total. The van der Waals surface area contributed by atoms with E-state index in [0.717, 1.165) is 26.2 Å². The number of hydrogen-bond acceptors (Lipinski definition) is 3. The van der Waals surface area contributed by atoms with E-state index in [-0.39, 0.29) is 0 Å². The fourth-order valence-corrected chi connectivity index (χ4v) is 2.85. The van der Waals surface area contributed by atoms with Crippen LogP contribution in [0.25, 0.3) is 0 Å². The Balaban J connectivity index is 1.86. The average molecular weight is 239 g/mol. The van der Waals surface area contributed by atoms with Crippen LogP contribution in [-0.2, 0) is 4.79 Å². The molecule has 0 bridgehead atoms. The standard InChI is InChI=1S/C13H25N3O/c1-11-5-3-4-7-16(11)13(17)10-15-8-6-14-9-12(15)2/h11-12,14H,3-10H2,1-2H3/t11?,12-/m1/s1. The average Bonchev–Trinajstić information content (AvgIpc) is 2.32. The molecule has 0 aromatic rings. The fourth-order valence-electron chi connectivity index (χ4n) is 2.85. The van der Waals surface area contributed by atoms with E-state index >= 15 is 0 Å². The van der Waals surface area contributed by atoms with Crippen LogP contribution in [0.2, 0.25) is 0 Å². The number of carbonyl (C=O) groups is 1. The molecule has 2 atom stereocenters. The third-order valence-electron chi connectivity index (χ3n) is 4.10. The van der Waals surface area contributed by atoms with Gasteiger partial charge in [-0.3, -0.25) is 9.69 Å². The lowest BCUT2D eigenvalue weighted by molar-refractivity contribution is -0.136. The molecular formula is C13H25N3O. The Morgan fingerprint density at radius 3 is 2.76 bits per heavy atom. The van der Waals surface area contributed by atoms with Gasteiger partial charge in [-0.1, -0.05) is 0 Å². The molecule has 0 spiro atoms. The van der Waals surface area contributed by atoms with Gasteiger partial charge in [0, 0.05) is 38.3 Å². The van der Waals surface area contributed by atoms with Crippen LogP contribution in [0.1, 0.15) is 33.1 Å². The van der Waals surface area contributed by atoms with Gasteiger partial charge in [-0.2, -0.15) is 0 Å². The normalized spacial score (nSPS) is 31.5. The monoisotopic (exact) mass is 239 g/mol. The molecule has 4 heteroatoms. The molecule has 0 aliphatic carbocycles. The molecule has 2 rings (SSSR count). The Labute approximate surface area is 104 Å². The largest absolute Gasteiger partial charge is 0.339 e. The van der Waals surface area contributed by atoms with Gasteiger partial charge in [-0.15, -0.1) is 0 Å². The van der Waals surface area contributed by atoms with Crippen LogP contribution in [0, 0.1) is 0 Å². The first-order chi connectivity index (χ1) is 8.18. The molecule has 0 aromatic heterocycles. The van der Waals surface area contributed by atoms with E-state index in [1.165, 1.54) is 19.3 Å². The van der Waals surface area contributed by atoms with Crippen LogP contribution in [0.4, 0.5) is 0 Å². The van der Waals surface area contributed by atoms with Gasteiger partial charge < -0.3 is 10.2 Å². The van der Waals surface area contributed by atoms with Crippen molar-refractivity contribution >= 4 is 5.91 Å². The van der Waals surface area contributed by atoms with Gasteiger partial charge in [0.05, 0.1) is 6.54 Å². The van der Waals surface area contributed by atoms with Gasteiger partial charge in [-0.25, -0.2) is 0 Å². The van der Waals surface area contributed by atoms with Gasteiger partial charge in [0.25, 0.3) is 0 Å². The Morgan fingerprint density at radius 2 is 2.06 bits per heavy atom. The molecule has 4 nitrogen and oxygen atoms in total.